The molecule has 6 nitrogen and oxygen atoms in total. The molecule has 0 unspecified atom stereocenters. The molecule has 0 saturated carbocycles. The van der Waals surface area contributed by atoms with Gasteiger partial charge in [0.1, 0.15) is 4.90 Å². The number of nitrogens with zero attached hydrogens (tertiary/aromatic N) is 1. The lowest BCUT2D eigenvalue weighted by Crippen LogP contribution is -2.31. The molecule has 0 fully saturated rings. The molecule has 8 heteroatoms. The van der Waals surface area contributed by atoms with Crippen molar-refractivity contribution in [3.8, 4) is 0 Å². The zero-order valence-corrected chi connectivity index (χ0v) is 17.2. The van der Waals surface area contributed by atoms with E-state index in [1.165, 1.54) is 0 Å². The monoisotopic (exact) mass is 432 g/mol. The highest BCUT2D eigenvalue weighted by atomic mass is 79.9. The van der Waals surface area contributed by atoms with Gasteiger partial charge >= 0.3 is 0 Å². The van der Waals surface area contributed by atoms with E-state index in [2.05, 4.69) is 20.7 Å². The van der Waals surface area contributed by atoms with Gasteiger partial charge in [0.2, 0.25) is 15.9 Å². The Balaban J connectivity index is 2.22. The number of nitrogens with one attached hydrogen (secondary N) is 1. The van der Waals surface area contributed by atoms with E-state index in [9.17, 15) is 13.2 Å². The first-order chi connectivity index (χ1) is 11.8. The molecular formula is C17H25BrN2O4S. The maximum absolute atomic E-state index is 12.8. The molecule has 0 radical (unpaired) electrons. The maximum atomic E-state index is 12.8. The highest BCUT2D eigenvalue weighted by Gasteiger charge is 2.31. The number of halogens is 1. The van der Waals surface area contributed by atoms with Crippen LogP contribution in [0.4, 0.5) is 5.69 Å². The summed E-state index contributed by atoms with van der Waals surface area (Å²) in [7, 11) is -3.71. The summed E-state index contributed by atoms with van der Waals surface area (Å²) < 4.78 is 34.3. The van der Waals surface area contributed by atoms with Crippen molar-refractivity contribution >= 4 is 37.5 Å². The average molecular weight is 433 g/mol. The zero-order chi connectivity index (χ0) is 18.6. The predicted molar refractivity (Wildman–Crippen MR) is 101 cm³/mol. The second-order valence-corrected chi connectivity index (χ2v) is 8.88. The third-order valence-corrected chi connectivity index (χ3v) is 5.88. The van der Waals surface area contributed by atoms with E-state index in [0.29, 0.717) is 42.6 Å². The molecular weight excluding hydrogens is 408 g/mol. The van der Waals surface area contributed by atoms with E-state index in [1.807, 2.05) is 19.9 Å². The third kappa shape index (κ3) is 5.03. The molecule has 1 aromatic carbocycles. The number of rotatable bonds is 8. The fourth-order valence-electron chi connectivity index (χ4n) is 2.79. The van der Waals surface area contributed by atoms with Gasteiger partial charge in [0.25, 0.3) is 0 Å². The SMILES string of the molecule is CCC(=O)N1CCc2cc(Br)cc(S(=O)(=O)NCCCOC(C)C)c21. The van der Waals surface area contributed by atoms with Crippen LogP contribution in [-0.4, -0.2) is 40.1 Å². The quantitative estimate of drug-likeness (QED) is 0.640. The van der Waals surface area contributed by atoms with Crippen LogP contribution in [0.3, 0.4) is 0 Å². The fourth-order valence-corrected chi connectivity index (χ4v) is 4.79. The second kappa shape index (κ2) is 8.62. The largest absolute Gasteiger partial charge is 0.379 e. The Bertz CT molecular complexity index is 734. The van der Waals surface area contributed by atoms with Gasteiger partial charge in [0, 0.05) is 30.6 Å². The van der Waals surface area contributed by atoms with Crippen LogP contribution < -0.4 is 9.62 Å². The molecule has 25 heavy (non-hydrogen) atoms. The Morgan fingerprint density at radius 1 is 1.40 bits per heavy atom. The Morgan fingerprint density at radius 2 is 2.12 bits per heavy atom. The number of carbonyl (C=O) groups is 1. The van der Waals surface area contributed by atoms with E-state index < -0.39 is 10.0 Å². The van der Waals surface area contributed by atoms with Crippen LogP contribution >= 0.6 is 15.9 Å². The van der Waals surface area contributed by atoms with Gasteiger partial charge in [-0.1, -0.05) is 22.9 Å². The molecule has 1 aromatic rings. The predicted octanol–water partition coefficient (Wildman–Crippen LogP) is 2.84. The van der Waals surface area contributed by atoms with Crippen LogP contribution in [0, 0.1) is 0 Å². The van der Waals surface area contributed by atoms with Crippen molar-refractivity contribution < 1.29 is 17.9 Å². The number of sulfonamides is 1. The minimum Gasteiger partial charge on any atom is -0.379 e. The lowest BCUT2D eigenvalue weighted by Gasteiger charge is -2.20. The number of benzene rings is 1. The summed E-state index contributed by atoms with van der Waals surface area (Å²) >= 11 is 3.38. The van der Waals surface area contributed by atoms with Gasteiger partial charge in [0.15, 0.2) is 0 Å². The molecule has 1 aliphatic heterocycles. The van der Waals surface area contributed by atoms with Gasteiger partial charge in [-0.3, -0.25) is 4.79 Å². The van der Waals surface area contributed by atoms with Crippen molar-refractivity contribution in [2.75, 3.05) is 24.6 Å². The summed E-state index contributed by atoms with van der Waals surface area (Å²) in [5, 5.41) is 0. The molecule has 0 bridgehead atoms. The summed E-state index contributed by atoms with van der Waals surface area (Å²) in [5.41, 5.74) is 1.39. The first-order valence-corrected chi connectivity index (χ1v) is 10.8. The van der Waals surface area contributed by atoms with Crippen molar-refractivity contribution in [3.63, 3.8) is 0 Å². The first kappa shape index (κ1) is 20.4. The lowest BCUT2D eigenvalue weighted by atomic mass is 10.2. The molecule has 0 spiro atoms. The Morgan fingerprint density at radius 3 is 2.76 bits per heavy atom. The third-order valence-electron chi connectivity index (χ3n) is 3.95. The van der Waals surface area contributed by atoms with Gasteiger partial charge < -0.3 is 9.64 Å². The molecule has 140 valence electrons. The molecule has 0 saturated heterocycles. The van der Waals surface area contributed by atoms with Crippen LogP contribution in [0.1, 0.15) is 39.2 Å². The maximum Gasteiger partial charge on any atom is 0.242 e. The topological polar surface area (TPSA) is 75.7 Å². The number of anilines is 1. The van der Waals surface area contributed by atoms with E-state index in [4.69, 9.17) is 4.74 Å². The van der Waals surface area contributed by atoms with Crippen molar-refractivity contribution in [2.24, 2.45) is 0 Å². The summed E-state index contributed by atoms with van der Waals surface area (Å²) in [6.07, 6.45) is 1.71. The molecule has 1 aliphatic rings. The van der Waals surface area contributed by atoms with E-state index in [1.54, 1.807) is 17.9 Å². The van der Waals surface area contributed by atoms with Gasteiger partial charge in [-0.05, 0) is 44.4 Å². The average Bonchev–Trinajstić information content (AvgIpc) is 2.96. The van der Waals surface area contributed by atoms with Gasteiger partial charge in [-0.2, -0.15) is 0 Å². The summed E-state index contributed by atoms with van der Waals surface area (Å²) in [4.78, 5) is 13.9. The minimum atomic E-state index is -3.71. The molecule has 1 heterocycles. The smallest absolute Gasteiger partial charge is 0.242 e. The highest BCUT2D eigenvalue weighted by molar-refractivity contribution is 9.10. The number of hydrogen-bond donors (Lipinski definition) is 1. The standard InChI is InChI=1S/C17H25BrN2O4S/c1-4-16(21)20-8-6-13-10-14(18)11-15(17(13)20)25(22,23)19-7-5-9-24-12(2)3/h10-12,19H,4-9H2,1-3H3. The molecule has 0 aliphatic carbocycles. The Labute approximate surface area is 158 Å². The molecule has 1 amide bonds. The van der Waals surface area contributed by atoms with E-state index >= 15 is 0 Å². The number of fused-ring (bicyclic) bond motifs is 1. The van der Waals surface area contributed by atoms with Crippen molar-refractivity contribution in [1.29, 1.82) is 0 Å². The summed E-state index contributed by atoms with van der Waals surface area (Å²) in [6, 6.07) is 3.45. The lowest BCUT2D eigenvalue weighted by molar-refractivity contribution is -0.118. The first-order valence-electron chi connectivity index (χ1n) is 8.50. The fraction of sp³-hybridized carbons (Fsp3) is 0.588. The highest BCUT2D eigenvalue weighted by Crippen LogP contribution is 2.37. The molecule has 2 rings (SSSR count). The number of hydrogen-bond acceptors (Lipinski definition) is 4. The normalized spacial score (nSPS) is 14.2. The van der Waals surface area contributed by atoms with Crippen molar-refractivity contribution in [1.82, 2.24) is 4.72 Å². The summed E-state index contributed by atoms with van der Waals surface area (Å²) in [6.45, 7) is 6.96. The minimum absolute atomic E-state index is 0.0668. The van der Waals surface area contributed by atoms with Crippen LogP contribution in [0.25, 0.3) is 0 Å². The summed E-state index contributed by atoms with van der Waals surface area (Å²) in [5.74, 6) is -0.0668. The van der Waals surface area contributed by atoms with Crippen LogP contribution in [-0.2, 0) is 26.0 Å². The second-order valence-electron chi connectivity index (χ2n) is 6.23. The molecule has 0 aromatic heterocycles. The van der Waals surface area contributed by atoms with Crippen LogP contribution in [0.5, 0.6) is 0 Å². The zero-order valence-electron chi connectivity index (χ0n) is 14.8. The Kier molecular flexibility index (Phi) is 7.01. The number of amides is 1. The van der Waals surface area contributed by atoms with E-state index in [-0.39, 0.29) is 23.5 Å². The Hall–Kier alpha value is -0.960. The van der Waals surface area contributed by atoms with Gasteiger partial charge in [-0.25, -0.2) is 13.1 Å². The number of ether oxygens (including phenoxy) is 1. The van der Waals surface area contributed by atoms with Crippen LogP contribution in [0.15, 0.2) is 21.5 Å². The molecule has 0 atom stereocenters. The van der Waals surface area contributed by atoms with Crippen LogP contribution in [0.2, 0.25) is 0 Å². The number of carbonyl (C=O) groups excluding carboxylic acids is 1. The van der Waals surface area contributed by atoms with Gasteiger partial charge in [0.05, 0.1) is 11.8 Å². The van der Waals surface area contributed by atoms with E-state index in [0.717, 1.165) is 5.56 Å². The molecule has 1 N–H and O–H groups in total. The van der Waals surface area contributed by atoms with Crippen molar-refractivity contribution in [2.45, 2.75) is 51.0 Å². The van der Waals surface area contributed by atoms with Gasteiger partial charge in [-0.15, -0.1) is 0 Å². The van der Waals surface area contributed by atoms with Crippen molar-refractivity contribution in [3.05, 3.63) is 22.2 Å².